The van der Waals surface area contributed by atoms with Gasteiger partial charge in [-0.2, -0.15) is 4.37 Å². The molecule has 0 unspecified atom stereocenters. The minimum absolute atomic E-state index is 0.533. The summed E-state index contributed by atoms with van der Waals surface area (Å²) in [6.07, 6.45) is 3.37. The lowest BCUT2D eigenvalue weighted by atomic mass is 10.2. The van der Waals surface area contributed by atoms with E-state index in [9.17, 15) is 0 Å². The Morgan fingerprint density at radius 3 is 2.88 bits per heavy atom. The van der Waals surface area contributed by atoms with Crippen LogP contribution in [-0.2, 0) is 6.42 Å². The van der Waals surface area contributed by atoms with Gasteiger partial charge in [-0.05, 0) is 36.6 Å². The Hall–Kier alpha value is -0.720. The van der Waals surface area contributed by atoms with Crippen molar-refractivity contribution in [3.63, 3.8) is 0 Å². The average molecular weight is 287 g/mol. The molecule has 0 aliphatic heterocycles. The summed E-state index contributed by atoms with van der Waals surface area (Å²) < 4.78 is 5.03. The molecule has 2 aromatic heterocycles. The van der Waals surface area contributed by atoms with E-state index in [0.29, 0.717) is 5.15 Å². The predicted molar refractivity (Wildman–Crippen MR) is 69.8 cm³/mol. The fourth-order valence-corrected chi connectivity index (χ4v) is 3.30. The molecule has 0 N–H and O–H groups in total. The largest absolute Gasteiger partial charge is 0.229 e. The summed E-state index contributed by atoms with van der Waals surface area (Å²) in [5.74, 6) is 0.787. The average Bonchev–Trinajstić information content (AvgIpc) is 2.69. The lowest BCUT2D eigenvalue weighted by Crippen LogP contribution is -1.95. The minimum Gasteiger partial charge on any atom is -0.229 e. The summed E-state index contributed by atoms with van der Waals surface area (Å²) in [6.45, 7) is 3.98. The van der Waals surface area contributed by atoms with Crippen molar-refractivity contribution < 1.29 is 0 Å². The zero-order valence-electron chi connectivity index (χ0n) is 9.47. The van der Waals surface area contributed by atoms with Gasteiger partial charge in [0.2, 0.25) is 0 Å². The van der Waals surface area contributed by atoms with Crippen molar-refractivity contribution in [3.8, 4) is 0 Å². The van der Waals surface area contributed by atoms with Crippen LogP contribution in [0, 0.1) is 6.92 Å². The Labute approximate surface area is 113 Å². The highest BCUT2D eigenvalue weighted by Gasteiger charge is 2.12. The molecule has 0 saturated carbocycles. The van der Waals surface area contributed by atoms with Gasteiger partial charge in [-0.15, -0.1) is 0 Å². The second-order valence-electron chi connectivity index (χ2n) is 3.41. The van der Waals surface area contributed by atoms with Gasteiger partial charge in [-0.3, -0.25) is 0 Å². The monoisotopic (exact) mass is 286 g/mol. The second kappa shape index (κ2) is 5.75. The number of aromatic nitrogens is 4. The van der Waals surface area contributed by atoms with Crippen LogP contribution >= 0.6 is 34.9 Å². The normalized spacial score (nSPS) is 10.8. The van der Waals surface area contributed by atoms with Crippen molar-refractivity contribution in [2.24, 2.45) is 0 Å². The van der Waals surface area contributed by atoms with Gasteiger partial charge in [0.1, 0.15) is 22.3 Å². The first-order chi connectivity index (χ1) is 8.20. The molecule has 0 aromatic carbocycles. The summed E-state index contributed by atoms with van der Waals surface area (Å²) in [5, 5.41) is 1.41. The fraction of sp³-hybridized carbons (Fsp3) is 0.400. The first kappa shape index (κ1) is 12.7. The van der Waals surface area contributed by atoms with Crippen LogP contribution in [0.5, 0.6) is 0 Å². The molecular weight excluding hydrogens is 276 g/mol. The lowest BCUT2D eigenvalue weighted by Gasteiger charge is -2.06. The van der Waals surface area contributed by atoms with E-state index in [0.717, 1.165) is 33.6 Å². The van der Waals surface area contributed by atoms with Gasteiger partial charge in [0.05, 0.1) is 0 Å². The minimum atomic E-state index is 0.533. The Bertz CT molecular complexity index is 515. The molecule has 17 heavy (non-hydrogen) atoms. The number of hydrogen-bond acceptors (Lipinski definition) is 6. The summed E-state index contributed by atoms with van der Waals surface area (Å²) in [4.78, 5) is 12.6. The van der Waals surface area contributed by atoms with Crippen LogP contribution < -0.4 is 0 Å². The van der Waals surface area contributed by atoms with Crippen LogP contribution in [-0.4, -0.2) is 19.3 Å². The molecule has 0 spiro atoms. The highest BCUT2D eigenvalue weighted by Crippen LogP contribution is 2.32. The zero-order valence-corrected chi connectivity index (χ0v) is 11.9. The third-order valence-electron chi connectivity index (χ3n) is 2.05. The highest BCUT2D eigenvalue weighted by molar-refractivity contribution is 8.00. The van der Waals surface area contributed by atoms with E-state index in [1.54, 1.807) is 0 Å². The molecule has 0 aliphatic carbocycles. The van der Waals surface area contributed by atoms with Crippen molar-refractivity contribution in [2.45, 2.75) is 36.1 Å². The Balaban J connectivity index is 2.28. The molecule has 0 bridgehead atoms. The number of aryl methyl sites for hydroxylation is 1. The second-order valence-corrected chi connectivity index (χ2v) is 5.75. The molecule has 0 saturated heterocycles. The molecule has 0 amide bonds. The summed E-state index contributed by atoms with van der Waals surface area (Å²) in [7, 11) is 0. The van der Waals surface area contributed by atoms with Gasteiger partial charge in [-0.1, -0.05) is 24.9 Å². The van der Waals surface area contributed by atoms with Crippen molar-refractivity contribution >= 4 is 34.9 Å². The van der Waals surface area contributed by atoms with Gasteiger partial charge >= 0.3 is 0 Å². The van der Waals surface area contributed by atoms with Gasteiger partial charge < -0.3 is 0 Å². The first-order valence-corrected chi connectivity index (χ1v) is 7.15. The van der Waals surface area contributed by atoms with E-state index in [4.69, 9.17) is 11.6 Å². The van der Waals surface area contributed by atoms with E-state index in [-0.39, 0.29) is 0 Å². The van der Waals surface area contributed by atoms with Gasteiger partial charge in [-0.25, -0.2) is 15.0 Å². The highest BCUT2D eigenvalue weighted by atomic mass is 35.5. The van der Waals surface area contributed by atoms with E-state index in [1.165, 1.54) is 29.6 Å². The third-order valence-corrected chi connectivity index (χ3v) is 4.26. The molecule has 90 valence electrons. The molecule has 4 nitrogen and oxygen atoms in total. The van der Waals surface area contributed by atoms with Crippen LogP contribution in [0.15, 0.2) is 15.7 Å². The number of hydrogen-bond donors (Lipinski definition) is 0. The van der Waals surface area contributed by atoms with Crippen LogP contribution in [0.1, 0.15) is 24.7 Å². The van der Waals surface area contributed by atoms with Crippen LogP contribution in [0.2, 0.25) is 5.15 Å². The number of rotatable bonds is 4. The SMILES string of the molecule is CCCc1c(Cl)ncnc1Sc1nc(C)ns1. The molecule has 2 aromatic rings. The Kier molecular flexibility index (Phi) is 4.31. The van der Waals surface area contributed by atoms with Crippen molar-refractivity contribution in [1.29, 1.82) is 0 Å². The summed E-state index contributed by atoms with van der Waals surface area (Å²) in [6, 6.07) is 0. The van der Waals surface area contributed by atoms with Crippen LogP contribution in [0.3, 0.4) is 0 Å². The maximum absolute atomic E-state index is 6.08. The Morgan fingerprint density at radius 2 is 2.24 bits per heavy atom. The maximum Gasteiger partial charge on any atom is 0.176 e. The van der Waals surface area contributed by atoms with Gasteiger partial charge in [0, 0.05) is 5.56 Å². The van der Waals surface area contributed by atoms with E-state index in [1.807, 2.05) is 6.92 Å². The lowest BCUT2D eigenvalue weighted by molar-refractivity contribution is 0.855. The smallest absolute Gasteiger partial charge is 0.176 e. The molecule has 2 heterocycles. The first-order valence-electron chi connectivity index (χ1n) is 5.18. The molecule has 7 heteroatoms. The van der Waals surface area contributed by atoms with Crippen LogP contribution in [0.4, 0.5) is 0 Å². The van der Waals surface area contributed by atoms with Gasteiger partial charge in [0.25, 0.3) is 0 Å². The van der Waals surface area contributed by atoms with Crippen LogP contribution in [0.25, 0.3) is 0 Å². The molecule has 2 rings (SSSR count). The number of nitrogens with zero attached hydrogens (tertiary/aromatic N) is 4. The molecule has 0 fully saturated rings. The van der Waals surface area contributed by atoms with Gasteiger partial charge in [0.15, 0.2) is 4.34 Å². The summed E-state index contributed by atoms with van der Waals surface area (Å²) >= 11 is 8.96. The fourth-order valence-electron chi connectivity index (χ4n) is 1.33. The molecular formula is C10H11ClN4S2. The quantitative estimate of drug-likeness (QED) is 0.806. The summed E-state index contributed by atoms with van der Waals surface area (Å²) in [5.41, 5.74) is 0.995. The maximum atomic E-state index is 6.08. The molecule has 0 atom stereocenters. The Morgan fingerprint density at radius 1 is 1.41 bits per heavy atom. The van der Waals surface area contributed by atoms with E-state index in [2.05, 4.69) is 26.2 Å². The standard InChI is InChI=1S/C10H11ClN4S2/c1-3-4-7-8(11)12-5-13-9(7)16-10-14-6(2)15-17-10/h5H,3-4H2,1-2H3. The third kappa shape index (κ3) is 3.14. The molecule has 0 aliphatic rings. The predicted octanol–water partition coefficient (Wildman–Crippen LogP) is 3.39. The molecule has 0 radical (unpaired) electrons. The van der Waals surface area contributed by atoms with Crippen molar-refractivity contribution in [3.05, 3.63) is 22.9 Å². The van der Waals surface area contributed by atoms with E-state index >= 15 is 0 Å². The zero-order chi connectivity index (χ0) is 12.3. The topological polar surface area (TPSA) is 51.6 Å². The van der Waals surface area contributed by atoms with Crippen molar-refractivity contribution in [1.82, 2.24) is 19.3 Å². The van der Waals surface area contributed by atoms with E-state index < -0.39 is 0 Å². The number of halogens is 1. The van der Waals surface area contributed by atoms with Crippen molar-refractivity contribution in [2.75, 3.05) is 0 Å².